The van der Waals surface area contributed by atoms with E-state index in [4.69, 9.17) is 4.99 Å². The molecule has 0 radical (unpaired) electrons. The topological polar surface area (TPSA) is 137 Å². The van der Waals surface area contributed by atoms with E-state index in [2.05, 4.69) is 16.0 Å². The number of nitrogens with one attached hydrogen (secondary N) is 3. The molecule has 3 N–H and O–H groups in total. The normalized spacial score (nSPS) is 14.8. The van der Waals surface area contributed by atoms with Crippen molar-refractivity contribution < 1.29 is 22.8 Å². The van der Waals surface area contributed by atoms with Crippen molar-refractivity contribution in [2.24, 2.45) is 4.99 Å². The number of nitrogens with zero attached hydrogens (tertiary/aromatic N) is 2. The van der Waals surface area contributed by atoms with E-state index in [9.17, 15) is 22.8 Å². The maximum atomic E-state index is 13.2. The Morgan fingerprint density at radius 3 is 2.41 bits per heavy atom. The SMILES string of the molecule is CNC(=O)CN(c1cccc(N=C(c2ccc(CNC(C)=O)cc2)C2C(=O)Nc3ccccc32)c1)S(C)(=O)=O. The third-order valence-corrected chi connectivity index (χ3v) is 7.33. The highest BCUT2D eigenvalue weighted by atomic mass is 32.2. The maximum Gasteiger partial charge on any atom is 0.240 e. The largest absolute Gasteiger partial charge is 0.358 e. The molecule has 1 aliphatic rings. The second-order valence-electron chi connectivity index (χ2n) is 9.08. The van der Waals surface area contributed by atoms with Crippen molar-refractivity contribution in [3.8, 4) is 0 Å². The molecule has 0 spiro atoms. The smallest absolute Gasteiger partial charge is 0.240 e. The lowest BCUT2D eigenvalue weighted by Gasteiger charge is -2.22. The molecule has 0 fully saturated rings. The molecular formula is C28H29N5O5S. The molecule has 1 unspecified atom stereocenters. The van der Waals surface area contributed by atoms with E-state index < -0.39 is 21.8 Å². The van der Waals surface area contributed by atoms with Gasteiger partial charge in [0.05, 0.1) is 23.3 Å². The monoisotopic (exact) mass is 547 g/mol. The van der Waals surface area contributed by atoms with Gasteiger partial charge in [-0.25, -0.2) is 8.42 Å². The Labute approximate surface area is 227 Å². The molecule has 1 atom stereocenters. The number of anilines is 2. The fraction of sp³-hybridized carbons (Fsp3) is 0.214. The Hall–Kier alpha value is -4.51. The predicted octanol–water partition coefficient (Wildman–Crippen LogP) is 2.69. The van der Waals surface area contributed by atoms with Crippen LogP contribution in [0, 0.1) is 0 Å². The molecule has 202 valence electrons. The van der Waals surface area contributed by atoms with Crippen LogP contribution < -0.4 is 20.3 Å². The average Bonchev–Trinajstić information content (AvgIpc) is 3.24. The van der Waals surface area contributed by atoms with E-state index in [1.54, 1.807) is 24.3 Å². The van der Waals surface area contributed by atoms with E-state index >= 15 is 0 Å². The number of carbonyl (C=O) groups is 3. The van der Waals surface area contributed by atoms with Gasteiger partial charge in [-0.05, 0) is 41.0 Å². The lowest BCUT2D eigenvalue weighted by molar-refractivity contribution is -0.119. The number of hydrogen-bond acceptors (Lipinski definition) is 6. The van der Waals surface area contributed by atoms with Crippen molar-refractivity contribution in [2.75, 3.05) is 29.5 Å². The zero-order chi connectivity index (χ0) is 28.2. The van der Waals surface area contributed by atoms with Crippen molar-refractivity contribution in [2.45, 2.75) is 19.4 Å². The number of sulfonamides is 1. The van der Waals surface area contributed by atoms with Crippen molar-refractivity contribution in [1.82, 2.24) is 10.6 Å². The highest BCUT2D eigenvalue weighted by Gasteiger charge is 2.35. The number of para-hydroxylation sites is 1. The first-order valence-electron chi connectivity index (χ1n) is 12.2. The molecule has 39 heavy (non-hydrogen) atoms. The van der Waals surface area contributed by atoms with Crippen LogP contribution in [0.2, 0.25) is 0 Å². The van der Waals surface area contributed by atoms with Crippen LogP contribution in [0.25, 0.3) is 0 Å². The Morgan fingerprint density at radius 2 is 1.74 bits per heavy atom. The number of carbonyl (C=O) groups excluding carboxylic acids is 3. The van der Waals surface area contributed by atoms with Crippen LogP contribution in [0.15, 0.2) is 77.8 Å². The molecule has 10 nitrogen and oxygen atoms in total. The molecule has 1 aliphatic heterocycles. The van der Waals surface area contributed by atoms with Gasteiger partial charge >= 0.3 is 0 Å². The number of rotatable bonds is 9. The summed E-state index contributed by atoms with van der Waals surface area (Å²) in [6, 6.07) is 21.2. The van der Waals surface area contributed by atoms with Gasteiger partial charge in [-0.15, -0.1) is 0 Å². The third kappa shape index (κ3) is 6.50. The summed E-state index contributed by atoms with van der Waals surface area (Å²) in [5, 5.41) is 8.10. The summed E-state index contributed by atoms with van der Waals surface area (Å²) >= 11 is 0. The van der Waals surface area contributed by atoms with Crippen LogP contribution in [0.1, 0.15) is 29.5 Å². The van der Waals surface area contributed by atoms with Gasteiger partial charge in [0.25, 0.3) is 0 Å². The predicted molar refractivity (Wildman–Crippen MR) is 151 cm³/mol. The van der Waals surface area contributed by atoms with Gasteiger partial charge in [-0.3, -0.25) is 23.7 Å². The van der Waals surface area contributed by atoms with E-state index in [1.807, 2.05) is 48.5 Å². The Kier molecular flexibility index (Phi) is 8.10. The summed E-state index contributed by atoms with van der Waals surface area (Å²) in [6.45, 7) is 1.43. The summed E-state index contributed by atoms with van der Waals surface area (Å²) in [6.07, 6.45) is 1.03. The fourth-order valence-electron chi connectivity index (χ4n) is 4.26. The number of hydrogen-bond donors (Lipinski definition) is 3. The maximum absolute atomic E-state index is 13.2. The van der Waals surface area contributed by atoms with Crippen LogP contribution in [0.5, 0.6) is 0 Å². The second kappa shape index (κ2) is 11.5. The highest BCUT2D eigenvalue weighted by Crippen LogP contribution is 2.36. The van der Waals surface area contributed by atoms with Gasteiger partial charge < -0.3 is 16.0 Å². The zero-order valence-corrected chi connectivity index (χ0v) is 22.6. The molecule has 0 aliphatic carbocycles. The molecule has 0 aromatic heterocycles. The van der Waals surface area contributed by atoms with Crippen LogP contribution in [0.3, 0.4) is 0 Å². The number of fused-ring (bicyclic) bond motifs is 1. The lowest BCUT2D eigenvalue weighted by Crippen LogP contribution is -2.39. The zero-order valence-electron chi connectivity index (χ0n) is 21.8. The summed E-state index contributed by atoms with van der Waals surface area (Å²) < 4.78 is 26.0. The summed E-state index contributed by atoms with van der Waals surface area (Å²) in [5.41, 5.74) is 4.19. The van der Waals surface area contributed by atoms with Crippen molar-refractivity contribution in [3.05, 3.63) is 89.5 Å². The lowest BCUT2D eigenvalue weighted by atomic mass is 9.90. The molecular weight excluding hydrogens is 518 g/mol. The Balaban J connectivity index is 1.80. The second-order valence-corrected chi connectivity index (χ2v) is 11.0. The molecule has 3 amide bonds. The van der Waals surface area contributed by atoms with E-state index in [0.717, 1.165) is 21.7 Å². The molecule has 4 rings (SSSR count). The van der Waals surface area contributed by atoms with Crippen molar-refractivity contribution in [1.29, 1.82) is 0 Å². The minimum absolute atomic E-state index is 0.139. The number of benzene rings is 3. The highest BCUT2D eigenvalue weighted by molar-refractivity contribution is 7.92. The molecule has 0 bridgehead atoms. The van der Waals surface area contributed by atoms with E-state index in [-0.39, 0.29) is 24.0 Å². The number of amides is 3. The molecule has 0 saturated carbocycles. The molecule has 1 heterocycles. The molecule has 0 saturated heterocycles. The van der Waals surface area contributed by atoms with Gasteiger partial charge in [-0.2, -0.15) is 0 Å². The standard InChI is InChI=1S/C28H29N5O5S/c1-18(34)30-16-19-11-13-20(14-12-19)27(26-23-9-4-5-10-24(23)32-28(26)36)31-21-7-6-8-22(15-21)33(39(3,37)38)17-25(35)29-2/h4-15,26H,16-17H2,1-3H3,(H,29,35)(H,30,34)(H,32,36). The summed E-state index contributed by atoms with van der Waals surface area (Å²) in [7, 11) is -2.34. The molecule has 11 heteroatoms. The first kappa shape index (κ1) is 27.5. The van der Waals surface area contributed by atoms with Crippen LogP contribution >= 0.6 is 0 Å². The van der Waals surface area contributed by atoms with Gasteiger partial charge in [-0.1, -0.05) is 48.5 Å². The van der Waals surface area contributed by atoms with Crippen LogP contribution in [0.4, 0.5) is 17.1 Å². The first-order valence-corrected chi connectivity index (χ1v) is 14.0. The fourth-order valence-corrected chi connectivity index (χ4v) is 5.11. The third-order valence-electron chi connectivity index (χ3n) is 6.19. The van der Waals surface area contributed by atoms with Gasteiger partial charge in [0.1, 0.15) is 12.5 Å². The Bertz CT molecular complexity index is 1550. The van der Waals surface area contributed by atoms with Gasteiger partial charge in [0.2, 0.25) is 27.7 Å². The van der Waals surface area contributed by atoms with E-state index in [1.165, 1.54) is 14.0 Å². The number of likely N-dealkylation sites (N-methyl/N-ethyl adjacent to an activating group) is 1. The van der Waals surface area contributed by atoms with E-state index in [0.29, 0.717) is 29.2 Å². The van der Waals surface area contributed by atoms with Crippen LogP contribution in [-0.2, 0) is 31.0 Å². The Morgan fingerprint density at radius 1 is 1.03 bits per heavy atom. The van der Waals surface area contributed by atoms with Gasteiger partial charge in [0.15, 0.2) is 0 Å². The summed E-state index contributed by atoms with van der Waals surface area (Å²) in [5.74, 6) is -1.54. The summed E-state index contributed by atoms with van der Waals surface area (Å²) in [4.78, 5) is 41.3. The average molecular weight is 548 g/mol. The molecule has 3 aromatic carbocycles. The molecule has 3 aromatic rings. The van der Waals surface area contributed by atoms with Gasteiger partial charge in [0, 0.05) is 26.2 Å². The number of aliphatic imine (C=N–C) groups is 1. The first-order chi connectivity index (χ1) is 18.6. The minimum Gasteiger partial charge on any atom is -0.358 e. The quantitative estimate of drug-likeness (QED) is 0.354. The minimum atomic E-state index is -3.77. The van der Waals surface area contributed by atoms with Crippen molar-refractivity contribution >= 4 is 50.5 Å². The van der Waals surface area contributed by atoms with Crippen molar-refractivity contribution in [3.63, 3.8) is 0 Å². The van der Waals surface area contributed by atoms with Crippen LogP contribution in [-0.4, -0.2) is 51.7 Å².